The van der Waals surface area contributed by atoms with Crippen LogP contribution in [0.2, 0.25) is 5.02 Å². The van der Waals surface area contributed by atoms with Crippen molar-refractivity contribution in [2.75, 3.05) is 11.9 Å². The zero-order valence-corrected chi connectivity index (χ0v) is 13.3. The molecule has 2 amide bonds. The molecule has 23 heavy (non-hydrogen) atoms. The van der Waals surface area contributed by atoms with Crippen molar-refractivity contribution in [3.63, 3.8) is 0 Å². The molecule has 1 atom stereocenters. The van der Waals surface area contributed by atoms with Crippen LogP contribution in [0.1, 0.15) is 23.2 Å². The lowest BCUT2D eigenvalue weighted by Gasteiger charge is -2.24. The van der Waals surface area contributed by atoms with E-state index in [2.05, 4.69) is 5.32 Å². The minimum Gasteiger partial charge on any atom is -0.327 e. The number of carbonyl (C=O) groups is 2. The Bertz CT molecular complexity index is 701. The van der Waals surface area contributed by atoms with Crippen LogP contribution in [0.5, 0.6) is 0 Å². The van der Waals surface area contributed by atoms with Crippen LogP contribution in [0, 0.1) is 0 Å². The van der Waals surface area contributed by atoms with Crippen LogP contribution in [-0.2, 0) is 4.79 Å². The van der Waals surface area contributed by atoms with Crippen molar-refractivity contribution in [2.45, 2.75) is 18.9 Å². The minimum atomic E-state index is -0.432. The molecule has 4 nitrogen and oxygen atoms in total. The monoisotopic (exact) mass is 328 g/mol. The van der Waals surface area contributed by atoms with Crippen molar-refractivity contribution in [1.29, 1.82) is 0 Å². The van der Waals surface area contributed by atoms with Gasteiger partial charge in [0.25, 0.3) is 5.91 Å². The number of anilines is 1. The quantitative estimate of drug-likeness (QED) is 0.936. The highest BCUT2D eigenvalue weighted by Crippen LogP contribution is 2.22. The lowest BCUT2D eigenvalue weighted by atomic mass is 10.1. The van der Waals surface area contributed by atoms with Crippen LogP contribution in [0.15, 0.2) is 54.6 Å². The average Bonchev–Trinajstić information content (AvgIpc) is 3.07. The lowest BCUT2D eigenvalue weighted by Crippen LogP contribution is -2.43. The van der Waals surface area contributed by atoms with E-state index in [4.69, 9.17) is 11.6 Å². The lowest BCUT2D eigenvalue weighted by molar-refractivity contribution is -0.119. The normalized spacial score (nSPS) is 17.1. The van der Waals surface area contributed by atoms with E-state index >= 15 is 0 Å². The second kappa shape index (κ2) is 6.84. The molecular formula is C18H17ClN2O2. The second-order valence-corrected chi connectivity index (χ2v) is 5.96. The standard InChI is InChI=1S/C18H17ClN2O2/c19-14-8-10-15(11-9-14)20-17(22)16-7-4-12-21(16)18(23)13-5-2-1-3-6-13/h1-3,5-6,8-11,16H,4,7,12H2,(H,20,22)/t16-/m0/s1. The van der Waals surface area contributed by atoms with Crippen molar-refractivity contribution in [3.05, 3.63) is 65.2 Å². The van der Waals surface area contributed by atoms with Gasteiger partial charge in [-0.2, -0.15) is 0 Å². The zero-order chi connectivity index (χ0) is 16.2. The fraction of sp³-hybridized carbons (Fsp3) is 0.222. The molecule has 1 fully saturated rings. The molecule has 2 aromatic carbocycles. The molecule has 1 N–H and O–H groups in total. The Labute approximate surface area is 140 Å². The summed E-state index contributed by atoms with van der Waals surface area (Å²) in [7, 11) is 0. The van der Waals surface area contributed by atoms with Crippen molar-refractivity contribution in [1.82, 2.24) is 4.90 Å². The van der Waals surface area contributed by atoms with E-state index in [9.17, 15) is 9.59 Å². The number of nitrogens with zero attached hydrogens (tertiary/aromatic N) is 1. The average molecular weight is 329 g/mol. The molecule has 1 aliphatic rings. The van der Waals surface area contributed by atoms with Crippen LogP contribution < -0.4 is 5.32 Å². The molecule has 118 valence electrons. The molecule has 1 saturated heterocycles. The number of rotatable bonds is 3. The van der Waals surface area contributed by atoms with Gasteiger partial charge in [0.15, 0.2) is 0 Å². The summed E-state index contributed by atoms with van der Waals surface area (Å²) in [4.78, 5) is 26.7. The fourth-order valence-electron chi connectivity index (χ4n) is 2.79. The highest BCUT2D eigenvalue weighted by molar-refractivity contribution is 6.30. The van der Waals surface area contributed by atoms with Gasteiger partial charge in [-0.05, 0) is 49.2 Å². The van der Waals surface area contributed by atoms with Crippen LogP contribution in [-0.4, -0.2) is 29.3 Å². The highest BCUT2D eigenvalue weighted by atomic mass is 35.5. The molecule has 1 heterocycles. The number of likely N-dealkylation sites (tertiary alicyclic amines) is 1. The molecule has 2 aromatic rings. The maximum Gasteiger partial charge on any atom is 0.254 e. The summed E-state index contributed by atoms with van der Waals surface area (Å²) in [5, 5.41) is 3.47. The highest BCUT2D eigenvalue weighted by Gasteiger charge is 2.34. The van der Waals surface area contributed by atoms with Gasteiger partial charge in [0, 0.05) is 22.8 Å². The van der Waals surface area contributed by atoms with Gasteiger partial charge in [0.05, 0.1) is 0 Å². The van der Waals surface area contributed by atoms with Crippen molar-refractivity contribution in [3.8, 4) is 0 Å². The smallest absolute Gasteiger partial charge is 0.254 e. The van der Waals surface area contributed by atoms with Crippen LogP contribution in [0.3, 0.4) is 0 Å². The van der Waals surface area contributed by atoms with E-state index in [0.717, 1.165) is 6.42 Å². The first-order chi connectivity index (χ1) is 11.1. The van der Waals surface area contributed by atoms with Gasteiger partial charge in [-0.25, -0.2) is 0 Å². The molecule has 0 radical (unpaired) electrons. The Morgan fingerprint density at radius 2 is 1.74 bits per heavy atom. The third-order valence-electron chi connectivity index (χ3n) is 3.95. The van der Waals surface area contributed by atoms with Crippen molar-refractivity contribution < 1.29 is 9.59 Å². The first-order valence-corrected chi connectivity index (χ1v) is 7.95. The summed E-state index contributed by atoms with van der Waals surface area (Å²) < 4.78 is 0. The molecule has 1 aliphatic heterocycles. The number of hydrogen-bond acceptors (Lipinski definition) is 2. The predicted molar refractivity (Wildman–Crippen MR) is 90.6 cm³/mol. The molecule has 0 saturated carbocycles. The van der Waals surface area contributed by atoms with E-state index in [1.165, 1.54) is 0 Å². The van der Waals surface area contributed by atoms with Crippen LogP contribution in [0.25, 0.3) is 0 Å². The van der Waals surface area contributed by atoms with E-state index in [1.54, 1.807) is 41.3 Å². The summed E-state index contributed by atoms with van der Waals surface area (Å²) in [5.41, 5.74) is 1.29. The number of hydrogen-bond donors (Lipinski definition) is 1. The van der Waals surface area contributed by atoms with E-state index in [1.807, 2.05) is 18.2 Å². The largest absolute Gasteiger partial charge is 0.327 e. The topological polar surface area (TPSA) is 49.4 Å². The predicted octanol–water partition coefficient (Wildman–Crippen LogP) is 3.58. The molecule has 0 aliphatic carbocycles. The van der Waals surface area contributed by atoms with Gasteiger partial charge in [0.2, 0.25) is 5.91 Å². The Kier molecular flexibility index (Phi) is 4.63. The molecule has 0 bridgehead atoms. The summed E-state index contributed by atoms with van der Waals surface area (Å²) >= 11 is 5.84. The first kappa shape index (κ1) is 15.6. The second-order valence-electron chi connectivity index (χ2n) is 5.52. The van der Waals surface area contributed by atoms with E-state index < -0.39 is 6.04 Å². The maximum absolute atomic E-state index is 12.6. The van der Waals surface area contributed by atoms with Gasteiger partial charge >= 0.3 is 0 Å². The molecule has 3 rings (SSSR count). The third kappa shape index (κ3) is 3.54. The van der Waals surface area contributed by atoms with Gasteiger partial charge in [-0.3, -0.25) is 9.59 Å². The SMILES string of the molecule is O=C(Nc1ccc(Cl)cc1)[C@@H]1CCCN1C(=O)c1ccccc1. The van der Waals surface area contributed by atoms with E-state index in [-0.39, 0.29) is 11.8 Å². The number of halogens is 1. The summed E-state index contributed by atoms with van der Waals surface area (Å²) in [6.45, 7) is 0.604. The molecule has 0 aromatic heterocycles. The number of nitrogens with one attached hydrogen (secondary N) is 1. The fourth-order valence-corrected chi connectivity index (χ4v) is 2.91. The van der Waals surface area contributed by atoms with Gasteiger partial charge < -0.3 is 10.2 Å². The summed E-state index contributed by atoms with van der Waals surface area (Å²) in [6.07, 6.45) is 1.51. The van der Waals surface area contributed by atoms with Crippen LogP contribution >= 0.6 is 11.6 Å². The van der Waals surface area contributed by atoms with Crippen molar-refractivity contribution in [2.24, 2.45) is 0 Å². The number of carbonyl (C=O) groups excluding carboxylic acids is 2. The first-order valence-electron chi connectivity index (χ1n) is 7.57. The number of amides is 2. The van der Waals surface area contributed by atoms with Crippen molar-refractivity contribution >= 4 is 29.1 Å². The Morgan fingerprint density at radius 3 is 2.43 bits per heavy atom. The zero-order valence-electron chi connectivity index (χ0n) is 12.5. The number of benzene rings is 2. The Morgan fingerprint density at radius 1 is 1.04 bits per heavy atom. The van der Waals surface area contributed by atoms with Gasteiger partial charge in [-0.1, -0.05) is 29.8 Å². The Balaban J connectivity index is 1.72. The minimum absolute atomic E-state index is 0.0978. The summed E-state index contributed by atoms with van der Waals surface area (Å²) in [6, 6.07) is 15.6. The van der Waals surface area contributed by atoms with Gasteiger partial charge in [-0.15, -0.1) is 0 Å². The molecule has 0 unspecified atom stereocenters. The van der Waals surface area contributed by atoms with E-state index in [0.29, 0.717) is 29.2 Å². The molecule has 5 heteroatoms. The summed E-state index contributed by atoms with van der Waals surface area (Å²) in [5.74, 6) is -0.256. The molecular weight excluding hydrogens is 312 g/mol. The van der Waals surface area contributed by atoms with Crippen LogP contribution in [0.4, 0.5) is 5.69 Å². The Hall–Kier alpha value is -2.33. The maximum atomic E-state index is 12.6. The molecule has 0 spiro atoms. The third-order valence-corrected chi connectivity index (χ3v) is 4.20. The van der Waals surface area contributed by atoms with Gasteiger partial charge in [0.1, 0.15) is 6.04 Å².